The lowest BCUT2D eigenvalue weighted by Crippen LogP contribution is -2.13. The summed E-state index contributed by atoms with van der Waals surface area (Å²) < 4.78 is 37.2. The molecule has 3 aromatic carbocycles. The molecule has 10 heteroatoms. The van der Waals surface area contributed by atoms with E-state index in [0.29, 0.717) is 17.6 Å². The van der Waals surface area contributed by atoms with Crippen LogP contribution in [-0.4, -0.2) is 17.6 Å². The fourth-order valence-corrected chi connectivity index (χ4v) is 3.05. The third-order valence-electron chi connectivity index (χ3n) is 4.50. The van der Waals surface area contributed by atoms with Crippen LogP contribution < -0.4 is 20.1 Å². The van der Waals surface area contributed by atoms with Gasteiger partial charge in [0.25, 0.3) is 11.6 Å². The van der Waals surface area contributed by atoms with Crippen LogP contribution in [0.3, 0.4) is 0 Å². The first-order chi connectivity index (χ1) is 14.9. The number of hydrogen-bond acceptors (Lipinski definition) is 6. The van der Waals surface area contributed by atoms with Crippen molar-refractivity contribution in [1.29, 1.82) is 0 Å². The zero-order valence-corrected chi connectivity index (χ0v) is 15.9. The number of ether oxygens (including phenoxy) is 2. The van der Waals surface area contributed by atoms with Gasteiger partial charge in [0.1, 0.15) is 17.3 Å². The number of carbonyl (C=O) groups is 1. The second-order valence-corrected chi connectivity index (χ2v) is 6.64. The zero-order chi connectivity index (χ0) is 22.0. The molecule has 0 saturated carbocycles. The maximum absolute atomic E-state index is 13.3. The molecule has 0 bridgehead atoms. The molecule has 0 unspecified atom stereocenters. The number of nitro benzene ring substituents is 1. The van der Waals surface area contributed by atoms with Gasteiger partial charge in [-0.15, -0.1) is 0 Å². The van der Waals surface area contributed by atoms with Crippen molar-refractivity contribution < 1.29 is 28.0 Å². The Balaban J connectivity index is 1.50. The first-order valence-corrected chi connectivity index (χ1v) is 9.07. The molecule has 0 radical (unpaired) electrons. The van der Waals surface area contributed by atoms with Crippen LogP contribution in [0.25, 0.3) is 0 Å². The molecule has 0 atom stereocenters. The number of rotatable bonds is 6. The fraction of sp³-hybridized carbons (Fsp3) is 0.0952. The third kappa shape index (κ3) is 4.53. The number of anilines is 2. The van der Waals surface area contributed by atoms with Crippen molar-refractivity contribution in [1.82, 2.24) is 0 Å². The van der Waals surface area contributed by atoms with E-state index in [-0.39, 0.29) is 36.0 Å². The summed E-state index contributed by atoms with van der Waals surface area (Å²) in [4.78, 5) is 23.3. The molecule has 0 saturated heterocycles. The van der Waals surface area contributed by atoms with Crippen LogP contribution in [0.1, 0.15) is 15.9 Å². The van der Waals surface area contributed by atoms with E-state index in [2.05, 4.69) is 10.6 Å². The Morgan fingerprint density at radius 3 is 2.48 bits per heavy atom. The topological polar surface area (TPSA) is 103 Å². The van der Waals surface area contributed by atoms with Crippen molar-refractivity contribution in [3.05, 3.63) is 87.5 Å². The number of nitrogens with one attached hydrogen (secondary N) is 2. The van der Waals surface area contributed by atoms with Gasteiger partial charge in [0.05, 0.1) is 4.92 Å². The Morgan fingerprint density at radius 2 is 1.74 bits per heavy atom. The minimum atomic E-state index is -0.857. The molecular formula is C21H15F2N3O5. The SMILES string of the molecule is O=C(Nc1cc(F)cc(F)c1)c1ccc(NCc2ccc3c(c2)OCO3)c([N+](=O)[O-])c1. The quantitative estimate of drug-likeness (QED) is 0.445. The van der Waals surface area contributed by atoms with E-state index >= 15 is 0 Å². The minimum absolute atomic E-state index is 0.0370. The molecule has 2 N–H and O–H groups in total. The third-order valence-corrected chi connectivity index (χ3v) is 4.50. The normalized spacial score (nSPS) is 11.8. The van der Waals surface area contributed by atoms with Crippen molar-refractivity contribution >= 4 is 23.0 Å². The van der Waals surface area contributed by atoms with Gasteiger partial charge in [-0.05, 0) is 42.0 Å². The lowest BCUT2D eigenvalue weighted by atomic mass is 10.1. The second kappa shape index (κ2) is 8.27. The smallest absolute Gasteiger partial charge is 0.293 e. The molecular weight excluding hydrogens is 412 g/mol. The Hall–Kier alpha value is -4.21. The van der Waals surface area contributed by atoms with Gasteiger partial charge in [0.2, 0.25) is 6.79 Å². The van der Waals surface area contributed by atoms with Gasteiger partial charge >= 0.3 is 0 Å². The molecule has 3 aromatic rings. The van der Waals surface area contributed by atoms with Gasteiger partial charge in [0, 0.05) is 29.9 Å². The largest absolute Gasteiger partial charge is 0.454 e. The first kappa shape index (κ1) is 20.1. The van der Waals surface area contributed by atoms with Crippen molar-refractivity contribution in [2.24, 2.45) is 0 Å². The van der Waals surface area contributed by atoms with Crippen LogP contribution >= 0.6 is 0 Å². The van der Waals surface area contributed by atoms with Gasteiger partial charge < -0.3 is 20.1 Å². The van der Waals surface area contributed by atoms with Crippen LogP contribution in [0.4, 0.5) is 25.8 Å². The van der Waals surface area contributed by atoms with E-state index in [0.717, 1.165) is 23.8 Å². The van der Waals surface area contributed by atoms with E-state index in [9.17, 15) is 23.7 Å². The second-order valence-electron chi connectivity index (χ2n) is 6.64. The highest BCUT2D eigenvalue weighted by Gasteiger charge is 2.19. The summed E-state index contributed by atoms with van der Waals surface area (Å²) in [6.45, 7) is 0.412. The Morgan fingerprint density at radius 1 is 1.00 bits per heavy atom. The molecule has 0 fully saturated rings. The zero-order valence-electron chi connectivity index (χ0n) is 15.9. The molecule has 1 aliphatic rings. The number of halogens is 2. The molecule has 8 nitrogen and oxygen atoms in total. The Labute approximate surface area is 174 Å². The van der Waals surface area contributed by atoms with E-state index in [1.165, 1.54) is 12.1 Å². The van der Waals surface area contributed by atoms with E-state index in [1.807, 2.05) is 0 Å². The van der Waals surface area contributed by atoms with E-state index < -0.39 is 22.5 Å². The van der Waals surface area contributed by atoms with Gasteiger partial charge in [0.15, 0.2) is 11.5 Å². The standard InChI is InChI=1S/C21H15F2N3O5/c22-14-7-15(23)9-16(8-14)25-21(27)13-2-3-17(18(6-13)26(28)29)24-10-12-1-4-19-20(5-12)31-11-30-19/h1-9,24H,10-11H2,(H,25,27). The van der Waals surface area contributed by atoms with Gasteiger partial charge in [-0.3, -0.25) is 14.9 Å². The summed E-state index contributed by atoms with van der Waals surface area (Å²) in [6, 6.07) is 11.7. The number of fused-ring (bicyclic) bond motifs is 1. The highest BCUT2D eigenvalue weighted by Crippen LogP contribution is 2.33. The Bertz CT molecular complexity index is 1170. The monoisotopic (exact) mass is 427 g/mol. The van der Waals surface area contributed by atoms with Crippen molar-refractivity contribution in [3.63, 3.8) is 0 Å². The van der Waals surface area contributed by atoms with Crippen molar-refractivity contribution in [2.75, 3.05) is 17.4 Å². The summed E-state index contributed by atoms with van der Waals surface area (Å²) in [7, 11) is 0. The lowest BCUT2D eigenvalue weighted by molar-refractivity contribution is -0.384. The van der Waals surface area contributed by atoms with Gasteiger partial charge in [-0.1, -0.05) is 6.07 Å². The van der Waals surface area contributed by atoms with Crippen molar-refractivity contribution in [2.45, 2.75) is 6.54 Å². The van der Waals surface area contributed by atoms with E-state index in [4.69, 9.17) is 9.47 Å². The summed E-state index contributed by atoms with van der Waals surface area (Å²) >= 11 is 0. The summed E-state index contributed by atoms with van der Waals surface area (Å²) in [5, 5.41) is 16.8. The molecule has 31 heavy (non-hydrogen) atoms. The minimum Gasteiger partial charge on any atom is -0.454 e. The average Bonchev–Trinajstić information content (AvgIpc) is 3.19. The van der Waals surface area contributed by atoms with Crippen LogP contribution in [-0.2, 0) is 6.54 Å². The van der Waals surface area contributed by atoms with Crippen LogP contribution in [0, 0.1) is 21.7 Å². The van der Waals surface area contributed by atoms with Crippen molar-refractivity contribution in [3.8, 4) is 11.5 Å². The molecule has 4 rings (SSSR count). The molecule has 1 heterocycles. The average molecular weight is 427 g/mol. The molecule has 158 valence electrons. The van der Waals surface area contributed by atoms with Gasteiger partial charge in [-0.2, -0.15) is 0 Å². The predicted molar refractivity (Wildman–Crippen MR) is 107 cm³/mol. The molecule has 1 aliphatic heterocycles. The number of nitrogens with zero attached hydrogens (tertiary/aromatic N) is 1. The number of hydrogen-bond donors (Lipinski definition) is 2. The molecule has 0 spiro atoms. The van der Waals surface area contributed by atoms with Crippen LogP contribution in [0.2, 0.25) is 0 Å². The highest BCUT2D eigenvalue weighted by molar-refractivity contribution is 6.05. The molecule has 1 amide bonds. The summed E-state index contributed by atoms with van der Waals surface area (Å²) in [5.74, 6) is -1.23. The van der Waals surface area contributed by atoms with Gasteiger partial charge in [-0.25, -0.2) is 8.78 Å². The Kier molecular flexibility index (Phi) is 5.35. The maximum atomic E-state index is 13.3. The number of benzene rings is 3. The molecule has 0 aromatic heterocycles. The highest BCUT2D eigenvalue weighted by atomic mass is 19.1. The number of carbonyl (C=O) groups excluding carboxylic acids is 1. The van der Waals surface area contributed by atoms with Crippen LogP contribution in [0.5, 0.6) is 11.5 Å². The first-order valence-electron chi connectivity index (χ1n) is 9.07. The maximum Gasteiger partial charge on any atom is 0.293 e. The van der Waals surface area contributed by atoms with E-state index in [1.54, 1.807) is 18.2 Å². The number of amides is 1. The van der Waals surface area contributed by atoms with Crippen LogP contribution in [0.15, 0.2) is 54.6 Å². The summed E-state index contributed by atoms with van der Waals surface area (Å²) in [5.41, 5.74) is 0.559. The predicted octanol–water partition coefficient (Wildman–Crippen LogP) is 4.47. The summed E-state index contributed by atoms with van der Waals surface area (Å²) in [6.07, 6.45) is 0. The lowest BCUT2D eigenvalue weighted by Gasteiger charge is -2.10. The molecule has 0 aliphatic carbocycles. The number of nitro groups is 1. The fourth-order valence-electron chi connectivity index (χ4n) is 3.05.